The van der Waals surface area contributed by atoms with Gasteiger partial charge in [0.1, 0.15) is 0 Å². The van der Waals surface area contributed by atoms with Gasteiger partial charge in [0.25, 0.3) is 0 Å². The minimum atomic E-state index is -5.08. The third-order valence-corrected chi connectivity index (χ3v) is 4.47. The lowest BCUT2D eigenvalue weighted by Crippen LogP contribution is -2.21. The highest BCUT2D eigenvalue weighted by Gasteiger charge is 2.38. The van der Waals surface area contributed by atoms with Gasteiger partial charge in [0.2, 0.25) is 0 Å². The number of hydrogen-bond acceptors (Lipinski definition) is 4. The molecular formula is C17H18Cl2F3N5O2. The molecule has 0 atom stereocenters. The maximum atomic E-state index is 10.6. The van der Waals surface area contributed by atoms with Crippen LogP contribution >= 0.6 is 23.2 Å². The number of benzene rings is 1. The van der Waals surface area contributed by atoms with Crippen LogP contribution < -0.4 is 5.73 Å². The molecule has 1 aromatic carbocycles. The number of rotatable bonds is 5. The van der Waals surface area contributed by atoms with E-state index in [1.54, 1.807) is 6.07 Å². The molecule has 7 nitrogen and oxygen atoms in total. The number of carboxylic acid groups (broad SMARTS) is 1. The lowest BCUT2D eigenvalue weighted by atomic mass is 10.1. The summed E-state index contributed by atoms with van der Waals surface area (Å²) in [6.45, 7) is 3.36. The number of aryl methyl sites for hydroxylation is 3. The second-order valence-electron chi connectivity index (χ2n) is 6.10. The van der Waals surface area contributed by atoms with Crippen LogP contribution in [-0.2, 0) is 24.2 Å². The molecule has 0 aliphatic carbocycles. The molecule has 3 aromatic rings. The van der Waals surface area contributed by atoms with Crippen molar-refractivity contribution in [1.29, 1.82) is 0 Å². The summed E-state index contributed by atoms with van der Waals surface area (Å²) in [6, 6.07) is 3.67. The van der Waals surface area contributed by atoms with Gasteiger partial charge in [0, 0.05) is 40.8 Å². The van der Waals surface area contributed by atoms with E-state index < -0.39 is 12.1 Å². The smallest absolute Gasteiger partial charge is 0.475 e. The van der Waals surface area contributed by atoms with E-state index in [-0.39, 0.29) is 0 Å². The Kier molecular flexibility index (Phi) is 7.50. The Morgan fingerprint density at radius 2 is 1.97 bits per heavy atom. The Hall–Kier alpha value is -2.30. The highest BCUT2D eigenvalue weighted by Crippen LogP contribution is 2.32. The molecule has 158 valence electrons. The van der Waals surface area contributed by atoms with Crippen LogP contribution in [0.4, 0.5) is 13.2 Å². The highest BCUT2D eigenvalue weighted by molar-refractivity contribution is 6.38. The topological polar surface area (TPSA) is 110 Å². The maximum Gasteiger partial charge on any atom is 0.490 e. The van der Waals surface area contributed by atoms with Crippen LogP contribution in [0.15, 0.2) is 18.3 Å². The van der Waals surface area contributed by atoms with Crippen LogP contribution in [0.2, 0.25) is 10.0 Å². The van der Waals surface area contributed by atoms with Gasteiger partial charge in [-0.05, 0) is 37.6 Å². The Morgan fingerprint density at radius 3 is 2.55 bits per heavy atom. The first-order chi connectivity index (χ1) is 13.5. The molecule has 0 unspecified atom stereocenters. The predicted octanol–water partition coefficient (Wildman–Crippen LogP) is 3.75. The molecule has 0 saturated carbocycles. The van der Waals surface area contributed by atoms with Crippen molar-refractivity contribution in [3.8, 4) is 0 Å². The zero-order valence-corrected chi connectivity index (χ0v) is 16.7. The molecule has 3 rings (SSSR count). The Morgan fingerprint density at radius 1 is 1.31 bits per heavy atom. The maximum absolute atomic E-state index is 10.6. The second kappa shape index (κ2) is 9.47. The number of nitrogens with one attached hydrogen (secondary N) is 1. The van der Waals surface area contributed by atoms with E-state index in [4.69, 9.17) is 38.8 Å². The van der Waals surface area contributed by atoms with Crippen LogP contribution in [0.25, 0.3) is 10.9 Å². The fourth-order valence-electron chi connectivity index (χ4n) is 2.69. The molecule has 0 spiro atoms. The average molecular weight is 452 g/mol. The van der Waals surface area contributed by atoms with Gasteiger partial charge in [-0.3, -0.25) is 4.68 Å². The summed E-state index contributed by atoms with van der Waals surface area (Å²) < 4.78 is 33.6. The molecular weight excluding hydrogens is 434 g/mol. The van der Waals surface area contributed by atoms with E-state index in [9.17, 15) is 13.2 Å². The fraction of sp³-hybridized carbons (Fsp3) is 0.353. The summed E-state index contributed by atoms with van der Waals surface area (Å²) in [5, 5.41) is 17.7. The van der Waals surface area contributed by atoms with E-state index in [1.165, 1.54) is 5.56 Å². The van der Waals surface area contributed by atoms with E-state index in [0.717, 1.165) is 41.7 Å². The lowest BCUT2D eigenvalue weighted by Gasteiger charge is -2.03. The van der Waals surface area contributed by atoms with Gasteiger partial charge in [0.05, 0.1) is 10.7 Å². The van der Waals surface area contributed by atoms with Crippen molar-refractivity contribution in [2.75, 3.05) is 6.54 Å². The molecule has 0 aliphatic heterocycles. The van der Waals surface area contributed by atoms with Gasteiger partial charge in [-0.1, -0.05) is 28.4 Å². The summed E-state index contributed by atoms with van der Waals surface area (Å²) in [6.07, 6.45) is -1.58. The van der Waals surface area contributed by atoms with Gasteiger partial charge in [-0.2, -0.15) is 13.2 Å². The highest BCUT2D eigenvalue weighted by atomic mass is 35.5. The van der Waals surface area contributed by atoms with Crippen molar-refractivity contribution >= 4 is 40.1 Å². The molecule has 2 heterocycles. The van der Waals surface area contributed by atoms with E-state index in [0.29, 0.717) is 16.6 Å². The standard InChI is InChI=1S/C15H17Cl2N5.C2HF3O2/c1-9-12(3-5-22-8-11(2-4-18)20-21-22)15-13(17)6-10(16)7-14(15)19-9;3-2(4,5)1(6)7/h6-8,19H,2-5,18H2,1H3;(H,6,7). The number of alkyl halides is 3. The lowest BCUT2D eigenvalue weighted by molar-refractivity contribution is -0.192. The number of hydrogen-bond donors (Lipinski definition) is 3. The number of aromatic nitrogens is 4. The van der Waals surface area contributed by atoms with Gasteiger partial charge in [-0.15, -0.1) is 5.10 Å². The molecule has 2 aromatic heterocycles. The predicted molar refractivity (Wildman–Crippen MR) is 103 cm³/mol. The van der Waals surface area contributed by atoms with Crippen molar-refractivity contribution in [1.82, 2.24) is 20.0 Å². The molecule has 12 heteroatoms. The molecule has 4 N–H and O–H groups in total. The summed E-state index contributed by atoms with van der Waals surface area (Å²) in [4.78, 5) is 12.2. The Labute approximate surface area is 173 Å². The van der Waals surface area contributed by atoms with Gasteiger partial charge in [-0.25, -0.2) is 4.79 Å². The van der Waals surface area contributed by atoms with Crippen LogP contribution in [0.5, 0.6) is 0 Å². The second-order valence-corrected chi connectivity index (χ2v) is 6.95. The summed E-state index contributed by atoms with van der Waals surface area (Å²) in [5.41, 5.74) is 9.70. The van der Waals surface area contributed by atoms with Crippen LogP contribution in [-0.4, -0.2) is 43.8 Å². The van der Waals surface area contributed by atoms with E-state index >= 15 is 0 Å². The Balaban J connectivity index is 0.000000370. The number of nitrogens with two attached hydrogens (primary N) is 1. The molecule has 0 saturated heterocycles. The quantitative estimate of drug-likeness (QED) is 0.546. The zero-order valence-electron chi connectivity index (χ0n) is 15.2. The van der Waals surface area contributed by atoms with Gasteiger partial charge < -0.3 is 15.8 Å². The van der Waals surface area contributed by atoms with Crippen LogP contribution in [0.3, 0.4) is 0 Å². The number of H-pyrrole nitrogens is 1. The van der Waals surface area contributed by atoms with Crippen molar-refractivity contribution in [3.63, 3.8) is 0 Å². The number of aliphatic carboxylic acids is 1. The zero-order chi connectivity index (χ0) is 21.8. The van der Waals surface area contributed by atoms with Crippen molar-refractivity contribution in [3.05, 3.63) is 45.3 Å². The first kappa shape index (κ1) is 23.0. The normalized spacial score (nSPS) is 11.4. The monoisotopic (exact) mass is 451 g/mol. The minimum absolute atomic E-state index is 0.580. The molecule has 0 bridgehead atoms. The van der Waals surface area contributed by atoms with Crippen molar-refractivity contribution in [2.45, 2.75) is 32.5 Å². The average Bonchev–Trinajstić information content (AvgIpc) is 3.16. The van der Waals surface area contributed by atoms with Gasteiger partial charge in [0.15, 0.2) is 0 Å². The number of carboxylic acids is 1. The van der Waals surface area contributed by atoms with Crippen LogP contribution in [0.1, 0.15) is 17.0 Å². The number of nitrogens with zero attached hydrogens (tertiary/aromatic N) is 3. The molecule has 29 heavy (non-hydrogen) atoms. The first-order valence-corrected chi connectivity index (χ1v) is 9.14. The third-order valence-electron chi connectivity index (χ3n) is 3.95. The SMILES string of the molecule is Cc1[nH]c2cc(Cl)cc(Cl)c2c1CCn1cc(CCN)nn1.O=C(O)C(F)(F)F. The first-order valence-electron chi connectivity index (χ1n) is 8.38. The fourth-order valence-corrected chi connectivity index (χ4v) is 3.30. The Bertz CT molecular complexity index is 1000. The third kappa shape index (κ3) is 6.09. The number of carbonyl (C=O) groups is 1. The summed E-state index contributed by atoms with van der Waals surface area (Å²) in [7, 11) is 0. The van der Waals surface area contributed by atoms with E-state index in [2.05, 4.69) is 15.3 Å². The summed E-state index contributed by atoms with van der Waals surface area (Å²) in [5.74, 6) is -2.76. The largest absolute Gasteiger partial charge is 0.490 e. The van der Waals surface area contributed by atoms with Crippen molar-refractivity contribution < 1.29 is 23.1 Å². The summed E-state index contributed by atoms with van der Waals surface area (Å²) >= 11 is 12.4. The molecule has 0 aliphatic rings. The van der Waals surface area contributed by atoms with Gasteiger partial charge >= 0.3 is 12.1 Å². The van der Waals surface area contributed by atoms with Crippen molar-refractivity contribution in [2.24, 2.45) is 5.73 Å². The number of fused-ring (bicyclic) bond motifs is 1. The number of halogens is 5. The molecule has 0 radical (unpaired) electrons. The van der Waals surface area contributed by atoms with Crippen LogP contribution in [0, 0.1) is 6.92 Å². The molecule has 0 amide bonds. The minimum Gasteiger partial charge on any atom is -0.475 e. The van der Waals surface area contributed by atoms with E-state index in [1.807, 2.05) is 23.9 Å². The number of aromatic amines is 1. The molecule has 0 fully saturated rings.